The number of hydrogen-bond acceptors (Lipinski definition) is 8. The van der Waals surface area contributed by atoms with Crippen LogP contribution in [0.3, 0.4) is 0 Å². The Balaban J connectivity index is 2.81. The summed E-state index contributed by atoms with van der Waals surface area (Å²) in [7, 11) is 0. The highest BCUT2D eigenvalue weighted by Crippen LogP contribution is 2.11. The maximum Gasteiger partial charge on any atom is 0.326 e. The predicted octanol–water partition coefficient (Wildman–Crippen LogP) is -2.45. The van der Waals surface area contributed by atoms with Crippen molar-refractivity contribution in [2.45, 2.75) is 43.8 Å². The van der Waals surface area contributed by atoms with E-state index in [0.29, 0.717) is 24.9 Å². The molecular formula is C20H31N5O7. The van der Waals surface area contributed by atoms with Gasteiger partial charge in [-0.1, -0.05) is 12.1 Å². The third-order valence-corrected chi connectivity index (χ3v) is 4.59. The topological polar surface area (TPSA) is 217 Å². The quantitative estimate of drug-likeness (QED) is 0.140. The number of amides is 3. The molecule has 0 aromatic heterocycles. The summed E-state index contributed by atoms with van der Waals surface area (Å²) in [5.74, 6) is -3.50. The molecule has 0 radical (unpaired) electrons. The number of carboxylic acids is 1. The number of carboxylic acid groups (broad SMARTS) is 1. The summed E-state index contributed by atoms with van der Waals surface area (Å²) in [6, 6.07) is 2.02. The first-order valence-corrected chi connectivity index (χ1v) is 10.1. The number of unbranched alkanes of at least 4 members (excludes halogenated alkanes) is 1. The second kappa shape index (κ2) is 14.0. The van der Waals surface area contributed by atoms with Crippen molar-refractivity contribution in [1.29, 1.82) is 0 Å². The van der Waals surface area contributed by atoms with Crippen molar-refractivity contribution in [1.82, 2.24) is 16.0 Å². The number of carbonyl (C=O) groups excluding carboxylic acids is 3. The zero-order valence-electron chi connectivity index (χ0n) is 17.6. The van der Waals surface area contributed by atoms with Gasteiger partial charge in [-0.05, 0) is 43.5 Å². The van der Waals surface area contributed by atoms with Gasteiger partial charge in [0, 0.05) is 6.42 Å². The van der Waals surface area contributed by atoms with Gasteiger partial charge in [0.2, 0.25) is 17.7 Å². The van der Waals surface area contributed by atoms with E-state index in [-0.39, 0.29) is 25.1 Å². The van der Waals surface area contributed by atoms with E-state index in [1.807, 2.05) is 0 Å². The number of aliphatic hydroxyl groups is 1. The molecule has 0 heterocycles. The Kier molecular flexibility index (Phi) is 11.7. The molecule has 10 N–H and O–H groups in total. The first-order chi connectivity index (χ1) is 15.2. The minimum Gasteiger partial charge on any atom is -0.508 e. The minimum absolute atomic E-state index is 0.00969. The molecule has 0 spiro atoms. The lowest BCUT2D eigenvalue weighted by atomic mass is 10.0. The molecule has 0 saturated heterocycles. The summed E-state index contributed by atoms with van der Waals surface area (Å²) in [5, 5.41) is 35.4. The highest BCUT2D eigenvalue weighted by atomic mass is 16.4. The molecule has 3 amide bonds. The van der Waals surface area contributed by atoms with Gasteiger partial charge in [-0.3, -0.25) is 14.4 Å². The Bertz CT molecular complexity index is 772. The molecule has 0 fully saturated rings. The molecule has 1 rings (SSSR count). The molecule has 32 heavy (non-hydrogen) atoms. The van der Waals surface area contributed by atoms with E-state index in [1.165, 1.54) is 24.3 Å². The van der Waals surface area contributed by atoms with Crippen molar-refractivity contribution in [2.24, 2.45) is 11.5 Å². The smallest absolute Gasteiger partial charge is 0.326 e. The number of carbonyl (C=O) groups is 4. The molecule has 0 saturated carbocycles. The van der Waals surface area contributed by atoms with Gasteiger partial charge >= 0.3 is 5.97 Å². The predicted molar refractivity (Wildman–Crippen MR) is 114 cm³/mol. The van der Waals surface area contributed by atoms with Crippen LogP contribution in [0.5, 0.6) is 5.75 Å². The molecule has 12 nitrogen and oxygen atoms in total. The van der Waals surface area contributed by atoms with Gasteiger partial charge < -0.3 is 42.7 Å². The fourth-order valence-corrected chi connectivity index (χ4v) is 2.82. The van der Waals surface area contributed by atoms with E-state index < -0.39 is 48.4 Å². The van der Waals surface area contributed by atoms with Crippen molar-refractivity contribution >= 4 is 23.7 Å². The summed E-state index contributed by atoms with van der Waals surface area (Å²) in [6.45, 7) is -0.718. The van der Waals surface area contributed by atoms with Crippen LogP contribution in [0, 0.1) is 0 Å². The summed E-state index contributed by atoms with van der Waals surface area (Å²) in [6.07, 6.45) is 1.31. The van der Waals surface area contributed by atoms with Gasteiger partial charge in [0.05, 0.1) is 13.2 Å². The van der Waals surface area contributed by atoms with E-state index in [2.05, 4.69) is 16.0 Å². The van der Waals surface area contributed by atoms with E-state index in [0.717, 1.165) is 0 Å². The van der Waals surface area contributed by atoms with Gasteiger partial charge in [0.25, 0.3) is 0 Å². The van der Waals surface area contributed by atoms with Crippen LogP contribution in [0.2, 0.25) is 0 Å². The summed E-state index contributed by atoms with van der Waals surface area (Å²) in [4.78, 5) is 48.3. The van der Waals surface area contributed by atoms with Gasteiger partial charge in [-0.25, -0.2) is 4.79 Å². The Hall–Kier alpha value is -3.22. The SMILES string of the molecule is NCCCCC(NC(=O)CN)C(=O)NC(CO)C(=O)NC(Cc1ccc(O)cc1)C(=O)O. The van der Waals surface area contributed by atoms with Crippen LogP contribution in [0.15, 0.2) is 24.3 Å². The summed E-state index contributed by atoms with van der Waals surface area (Å²) in [5.41, 5.74) is 11.3. The lowest BCUT2D eigenvalue weighted by molar-refractivity contribution is -0.142. The lowest BCUT2D eigenvalue weighted by Gasteiger charge is -2.23. The summed E-state index contributed by atoms with van der Waals surface area (Å²) >= 11 is 0. The number of nitrogens with two attached hydrogens (primary N) is 2. The van der Waals surface area contributed by atoms with Crippen LogP contribution in [0.4, 0.5) is 0 Å². The normalized spacial score (nSPS) is 13.5. The van der Waals surface area contributed by atoms with Crippen LogP contribution < -0.4 is 27.4 Å². The molecule has 1 aromatic rings. The molecule has 0 aliphatic heterocycles. The number of aliphatic carboxylic acids is 1. The Morgan fingerprint density at radius 3 is 2.00 bits per heavy atom. The number of rotatable bonds is 14. The van der Waals surface area contributed by atoms with Gasteiger partial charge in [0.1, 0.15) is 23.9 Å². The average Bonchev–Trinajstić information content (AvgIpc) is 2.77. The summed E-state index contributed by atoms with van der Waals surface area (Å²) < 4.78 is 0. The van der Waals surface area contributed by atoms with Gasteiger partial charge in [0.15, 0.2) is 0 Å². The molecule has 3 unspecified atom stereocenters. The number of phenolic OH excluding ortho intramolecular Hbond substituents is 1. The number of phenols is 1. The minimum atomic E-state index is -1.43. The fraction of sp³-hybridized carbons (Fsp3) is 0.500. The van der Waals surface area contributed by atoms with Crippen LogP contribution in [0.25, 0.3) is 0 Å². The molecule has 178 valence electrons. The Morgan fingerprint density at radius 2 is 1.47 bits per heavy atom. The molecule has 12 heteroatoms. The standard InChI is InChI=1S/C20H31N5O7/c21-8-2-1-3-14(23-17(28)10-22)18(29)25-16(11-26)19(30)24-15(20(31)32)9-12-4-6-13(27)7-5-12/h4-7,14-16,26-27H,1-3,8-11,21-22H2,(H,23,28)(H,24,30)(H,25,29)(H,31,32). The van der Waals surface area contributed by atoms with Crippen molar-refractivity contribution in [2.75, 3.05) is 19.7 Å². The van der Waals surface area contributed by atoms with Crippen LogP contribution in [0.1, 0.15) is 24.8 Å². The van der Waals surface area contributed by atoms with Crippen LogP contribution in [-0.4, -0.2) is 76.8 Å². The zero-order chi connectivity index (χ0) is 24.1. The molecule has 1 aromatic carbocycles. The molecule has 0 bridgehead atoms. The molecule has 3 atom stereocenters. The van der Waals surface area contributed by atoms with Crippen molar-refractivity contribution < 1.29 is 34.5 Å². The highest BCUT2D eigenvalue weighted by Gasteiger charge is 2.29. The van der Waals surface area contributed by atoms with Crippen LogP contribution in [-0.2, 0) is 25.6 Å². The third kappa shape index (κ3) is 9.29. The fourth-order valence-electron chi connectivity index (χ4n) is 2.82. The number of benzene rings is 1. The van der Waals surface area contributed by atoms with E-state index in [4.69, 9.17) is 11.5 Å². The molecular weight excluding hydrogens is 422 g/mol. The number of nitrogens with one attached hydrogen (secondary N) is 3. The van der Waals surface area contributed by atoms with Gasteiger partial charge in [-0.15, -0.1) is 0 Å². The average molecular weight is 453 g/mol. The second-order valence-corrected chi connectivity index (χ2v) is 7.12. The van der Waals surface area contributed by atoms with Gasteiger partial charge in [-0.2, -0.15) is 0 Å². The van der Waals surface area contributed by atoms with Crippen molar-refractivity contribution in [3.63, 3.8) is 0 Å². The van der Waals surface area contributed by atoms with E-state index >= 15 is 0 Å². The maximum atomic E-state index is 12.6. The maximum absolute atomic E-state index is 12.6. The highest BCUT2D eigenvalue weighted by molar-refractivity contribution is 5.93. The first-order valence-electron chi connectivity index (χ1n) is 10.1. The lowest BCUT2D eigenvalue weighted by Crippen LogP contribution is -2.57. The Morgan fingerprint density at radius 1 is 0.875 bits per heavy atom. The Labute approximate surface area is 185 Å². The number of hydrogen-bond donors (Lipinski definition) is 8. The second-order valence-electron chi connectivity index (χ2n) is 7.12. The number of aliphatic hydroxyl groups excluding tert-OH is 1. The van der Waals surface area contributed by atoms with Crippen molar-refractivity contribution in [3.05, 3.63) is 29.8 Å². The monoisotopic (exact) mass is 453 g/mol. The molecule has 0 aliphatic carbocycles. The van der Waals surface area contributed by atoms with E-state index in [9.17, 15) is 34.5 Å². The van der Waals surface area contributed by atoms with Crippen LogP contribution >= 0.6 is 0 Å². The molecule has 0 aliphatic rings. The first kappa shape index (κ1) is 26.8. The largest absolute Gasteiger partial charge is 0.508 e. The zero-order valence-corrected chi connectivity index (χ0v) is 17.6. The van der Waals surface area contributed by atoms with Crippen molar-refractivity contribution in [3.8, 4) is 5.75 Å². The van der Waals surface area contributed by atoms with E-state index in [1.54, 1.807) is 0 Å². The number of aromatic hydroxyl groups is 1. The third-order valence-electron chi connectivity index (χ3n) is 4.59.